The number of carbonyl (C=O) groups excluding carboxylic acids is 1. The summed E-state index contributed by atoms with van der Waals surface area (Å²) in [6.07, 6.45) is 7.27. The van der Waals surface area contributed by atoms with Gasteiger partial charge in [-0.3, -0.25) is 4.79 Å². The summed E-state index contributed by atoms with van der Waals surface area (Å²) in [6, 6.07) is 0. The highest BCUT2D eigenvalue weighted by atomic mass is 16.5. The number of hydrogen-bond donors (Lipinski definition) is 1. The number of ether oxygens (including phenoxy) is 1. The summed E-state index contributed by atoms with van der Waals surface area (Å²) in [5, 5.41) is 0. The zero-order valence-electron chi connectivity index (χ0n) is 11.3. The van der Waals surface area contributed by atoms with Gasteiger partial charge in [-0.2, -0.15) is 0 Å². The van der Waals surface area contributed by atoms with Gasteiger partial charge in [-0.1, -0.05) is 18.9 Å². The number of nitrogens with two attached hydrogens (primary N) is 1. The summed E-state index contributed by atoms with van der Waals surface area (Å²) < 4.78 is 5.13. The SMILES string of the molecule is COCC1=CCN(C(=O)C2(CN)CCCC2)CC1. The molecule has 1 heterocycles. The smallest absolute Gasteiger partial charge is 0.230 e. The van der Waals surface area contributed by atoms with Crippen molar-refractivity contribution >= 4 is 5.91 Å². The monoisotopic (exact) mass is 252 g/mol. The minimum atomic E-state index is -0.257. The molecule has 0 saturated heterocycles. The Balaban J connectivity index is 1.98. The van der Waals surface area contributed by atoms with E-state index in [0.717, 1.165) is 45.2 Å². The maximum atomic E-state index is 12.6. The predicted octanol–water partition coefficient (Wildman–Crippen LogP) is 1.31. The first-order valence-electron chi connectivity index (χ1n) is 6.88. The molecule has 4 nitrogen and oxygen atoms in total. The van der Waals surface area contributed by atoms with Gasteiger partial charge in [-0.05, 0) is 24.8 Å². The molecule has 0 radical (unpaired) electrons. The third-order valence-corrected chi connectivity index (χ3v) is 4.33. The maximum absolute atomic E-state index is 12.6. The minimum absolute atomic E-state index is 0.257. The molecule has 102 valence electrons. The van der Waals surface area contributed by atoms with Crippen molar-refractivity contribution in [2.45, 2.75) is 32.1 Å². The van der Waals surface area contributed by atoms with Crippen molar-refractivity contribution in [2.75, 3.05) is 33.4 Å². The summed E-state index contributed by atoms with van der Waals surface area (Å²) >= 11 is 0. The lowest BCUT2D eigenvalue weighted by Gasteiger charge is -2.35. The number of nitrogens with zero attached hydrogens (tertiary/aromatic N) is 1. The molecule has 0 unspecified atom stereocenters. The average Bonchev–Trinajstić information content (AvgIpc) is 2.89. The van der Waals surface area contributed by atoms with Crippen LogP contribution in [-0.2, 0) is 9.53 Å². The zero-order chi connectivity index (χ0) is 13.0. The Hall–Kier alpha value is -0.870. The van der Waals surface area contributed by atoms with Crippen LogP contribution in [0.3, 0.4) is 0 Å². The molecule has 2 aliphatic rings. The normalized spacial score (nSPS) is 23.0. The molecule has 2 rings (SSSR count). The largest absolute Gasteiger partial charge is 0.380 e. The quantitative estimate of drug-likeness (QED) is 0.768. The summed E-state index contributed by atoms with van der Waals surface area (Å²) in [4.78, 5) is 14.6. The van der Waals surface area contributed by atoms with Crippen LogP contribution in [0.4, 0.5) is 0 Å². The number of hydrogen-bond acceptors (Lipinski definition) is 3. The molecule has 1 amide bonds. The molecule has 1 saturated carbocycles. The second kappa shape index (κ2) is 5.85. The van der Waals surface area contributed by atoms with Gasteiger partial charge in [0.2, 0.25) is 5.91 Å². The first-order chi connectivity index (χ1) is 8.72. The molecule has 2 N–H and O–H groups in total. The van der Waals surface area contributed by atoms with Gasteiger partial charge in [0, 0.05) is 26.7 Å². The Bertz CT molecular complexity index is 333. The summed E-state index contributed by atoms with van der Waals surface area (Å²) in [5.41, 5.74) is 6.91. The molecule has 4 heteroatoms. The second-order valence-corrected chi connectivity index (χ2v) is 5.49. The molecule has 18 heavy (non-hydrogen) atoms. The molecule has 0 bridgehead atoms. The molecule has 1 aliphatic carbocycles. The predicted molar refractivity (Wildman–Crippen MR) is 71.1 cm³/mol. The Kier molecular flexibility index (Phi) is 4.40. The molecule has 1 fully saturated rings. The lowest BCUT2D eigenvalue weighted by atomic mass is 9.84. The van der Waals surface area contributed by atoms with Crippen molar-refractivity contribution in [2.24, 2.45) is 11.1 Å². The topological polar surface area (TPSA) is 55.6 Å². The van der Waals surface area contributed by atoms with Gasteiger partial charge >= 0.3 is 0 Å². The number of rotatable bonds is 4. The first kappa shape index (κ1) is 13.6. The van der Waals surface area contributed by atoms with Crippen molar-refractivity contribution in [3.63, 3.8) is 0 Å². The summed E-state index contributed by atoms with van der Waals surface area (Å²) in [5.74, 6) is 0.273. The standard InChI is InChI=1S/C14H24N2O2/c1-18-10-12-4-8-16(9-5-12)13(17)14(11-15)6-2-3-7-14/h4H,2-3,5-11,15H2,1H3. The molecular formula is C14H24N2O2. The van der Waals surface area contributed by atoms with E-state index in [9.17, 15) is 4.79 Å². The zero-order valence-corrected chi connectivity index (χ0v) is 11.3. The van der Waals surface area contributed by atoms with E-state index in [1.165, 1.54) is 5.57 Å². The highest BCUT2D eigenvalue weighted by Gasteiger charge is 2.42. The van der Waals surface area contributed by atoms with Crippen molar-refractivity contribution in [1.82, 2.24) is 4.90 Å². The number of amides is 1. The Morgan fingerprint density at radius 1 is 1.50 bits per heavy atom. The molecule has 1 aliphatic heterocycles. The number of carbonyl (C=O) groups is 1. The van der Waals surface area contributed by atoms with Gasteiger partial charge < -0.3 is 15.4 Å². The van der Waals surface area contributed by atoms with Crippen LogP contribution < -0.4 is 5.73 Å². The van der Waals surface area contributed by atoms with E-state index in [1.807, 2.05) is 4.90 Å². The lowest BCUT2D eigenvalue weighted by Crippen LogP contribution is -2.48. The van der Waals surface area contributed by atoms with Gasteiger partial charge in [-0.25, -0.2) is 0 Å². The highest BCUT2D eigenvalue weighted by molar-refractivity contribution is 5.83. The van der Waals surface area contributed by atoms with Crippen LogP contribution in [0.15, 0.2) is 11.6 Å². The van der Waals surface area contributed by atoms with Crippen LogP contribution in [0.2, 0.25) is 0 Å². The molecular weight excluding hydrogens is 228 g/mol. The van der Waals surface area contributed by atoms with Crippen molar-refractivity contribution in [3.05, 3.63) is 11.6 Å². The Morgan fingerprint density at radius 2 is 2.22 bits per heavy atom. The Morgan fingerprint density at radius 3 is 2.72 bits per heavy atom. The minimum Gasteiger partial charge on any atom is -0.380 e. The fraction of sp³-hybridized carbons (Fsp3) is 0.786. The van der Waals surface area contributed by atoms with Crippen LogP contribution in [0.1, 0.15) is 32.1 Å². The van der Waals surface area contributed by atoms with E-state index in [2.05, 4.69) is 6.08 Å². The van der Waals surface area contributed by atoms with Crippen LogP contribution in [0.25, 0.3) is 0 Å². The van der Waals surface area contributed by atoms with Gasteiger partial charge in [0.15, 0.2) is 0 Å². The van der Waals surface area contributed by atoms with E-state index in [4.69, 9.17) is 10.5 Å². The molecule has 0 aromatic rings. The fourth-order valence-corrected chi connectivity index (χ4v) is 3.10. The molecule has 0 aromatic carbocycles. The average molecular weight is 252 g/mol. The number of methoxy groups -OCH3 is 1. The van der Waals surface area contributed by atoms with Gasteiger partial charge in [0.1, 0.15) is 0 Å². The van der Waals surface area contributed by atoms with Gasteiger partial charge in [-0.15, -0.1) is 0 Å². The van der Waals surface area contributed by atoms with Gasteiger partial charge in [0.05, 0.1) is 12.0 Å². The first-order valence-corrected chi connectivity index (χ1v) is 6.88. The summed E-state index contributed by atoms with van der Waals surface area (Å²) in [7, 11) is 1.71. The maximum Gasteiger partial charge on any atom is 0.230 e. The third kappa shape index (κ3) is 2.59. The fourth-order valence-electron chi connectivity index (χ4n) is 3.10. The van der Waals surface area contributed by atoms with Crippen LogP contribution in [-0.4, -0.2) is 44.2 Å². The van der Waals surface area contributed by atoms with E-state index in [0.29, 0.717) is 13.2 Å². The van der Waals surface area contributed by atoms with E-state index >= 15 is 0 Å². The van der Waals surface area contributed by atoms with Gasteiger partial charge in [0.25, 0.3) is 0 Å². The van der Waals surface area contributed by atoms with Crippen LogP contribution in [0.5, 0.6) is 0 Å². The molecule has 0 spiro atoms. The van der Waals surface area contributed by atoms with E-state index < -0.39 is 0 Å². The second-order valence-electron chi connectivity index (χ2n) is 5.49. The van der Waals surface area contributed by atoms with E-state index in [1.54, 1.807) is 7.11 Å². The highest BCUT2D eigenvalue weighted by Crippen LogP contribution is 2.39. The Labute approximate surface area is 109 Å². The van der Waals surface area contributed by atoms with Crippen molar-refractivity contribution in [3.8, 4) is 0 Å². The van der Waals surface area contributed by atoms with Crippen molar-refractivity contribution in [1.29, 1.82) is 0 Å². The van der Waals surface area contributed by atoms with E-state index in [-0.39, 0.29) is 11.3 Å². The summed E-state index contributed by atoms with van der Waals surface area (Å²) in [6.45, 7) is 2.72. The lowest BCUT2D eigenvalue weighted by molar-refractivity contribution is -0.141. The van der Waals surface area contributed by atoms with Crippen LogP contribution in [0, 0.1) is 5.41 Å². The molecule has 0 atom stereocenters. The third-order valence-electron chi connectivity index (χ3n) is 4.33. The molecule has 0 aromatic heterocycles. The van der Waals surface area contributed by atoms with Crippen LogP contribution >= 0.6 is 0 Å². The van der Waals surface area contributed by atoms with Crippen molar-refractivity contribution < 1.29 is 9.53 Å².